The van der Waals surface area contributed by atoms with Crippen LogP contribution in [0.2, 0.25) is 0 Å². The van der Waals surface area contributed by atoms with Crippen molar-refractivity contribution in [2.24, 2.45) is 0 Å². The molecule has 6 heteroatoms. The number of pyridine rings is 1. The van der Waals surface area contributed by atoms with Crippen LogP contribution in [0.15, 0.2) is 59.2 Å². The molecular formula is C19H18BrN5. The third-order valence-electron chi connectivity index (χ3n) is 3.98. The summed E-state index contributed by atoms with van der Waals surface area (Å²) in [5.41, 5.74) is 2.83. The van der Waals surface area contributed by atoms with E-state index in [0.29, 0.717) is 18.5 Å². The first-order valence-electron chi connectivity index (χ1n) is 8.32. The van der Waals surface area contributed by atoms with Gasteiger partial charge in [0.1, 0.15) is 5.82 Å². The highest BCUT2D eigenvalue weighted by atomic mass is 79.9. The second-order valence-corrected chi connectivity index (χ2v) is 6.89. The zero-order valence-electron chi connectivity index (χ0n) is 13.6. The molecule has 0 radical (unpaired) electrons. The van der Waals surface area contributed by atoms with Crippen molar-refractivity contribution in [3.63, 3.8) is 0 Å². The van der Waals surface area contributed by atoms with Crippen molar-refractivity contribution < 1.29 is 0 Å². The average Bonchev–Trinajstić information content (AvgIpc) is 3.46. The molecule has 1 aliphatic carbocycles. The van der Waals surface area contributed by atoms with Crippen LogP contribution >= 0.6 is 15.9 Å². The van der Waals surface area contributed by atoms with Crippen molar-refractivity contribution in [1.82, 2.24) is 15.0 Å². The van der Waals surface area contributed by atoms with Crippen LogP contribution in [0.4, 0.5) is 11.8 Å². The summed E-state index contributed by atoms with van der Waals surface area (Å²) < 4.78 is 1.08. The van der Waals surface area contributed by atoms with E-state index in [9.17, 15) is 0 Å². The Morgan fingerprint density at radius 2 is 1.84 bits per heavy atom. The van der Waals surface area contributed by atoms with E-state index in [0.717, 1.165) is 21.7 Å². The summed E-state index contributed by atoms with van der Waals surface area (Å²) >= 11 is 3.58. The largest absolute Gasteiger partial charge is 0.366 e. The average molecular weight is 396 g/mol. The number of benzene rings is 1. The van der Waals surface area contributed by atoms with Crippen LogP contribution in [0.1, 0.15) is 18.4 Å². The van der Waals surface area contributed by atoms with Gasteiger partial charge in [0.2, 0.25) is 5.95 Å². The summed E-state index contributed by atoms with van der Waals surface area (Å²) in [7, 11) is 0. The van der Waals surface area contributed by atoms with Crippen molar-refractivity contribution >= 4 is 27.7 Å². The first-order chi connectivity index (χ1) is 12.3. The van der Waals surface area contributed by atoms with Crippen LogP contribution in [0, 0.1) is 0 Å². The standard InChI is InChI=1S/C19H18BrN5/c20-15-6-2-1-5-13(15)12-22-18-11-17(16-7-3-4-10-21-16)24-19(25-18)23-14-8-9-14/h1-7,10-11,14H,8-9,12H2,(H2,22,23,24,25). The summed E-state index contributed by atoms with van der Waals surface area (Å²) in [4.78, 5) is 13.6. The highest BCUT2D eigenvalue weighted by Gasteiger charge is 2.22. The lowest BCUT2D eigenvalue weighted by molar-refractivity contribution is 1.03. The lowest BCUT2D eigenvalue weighted by atomic mass is 10.2. The van der Waals surface area contributed by atoms with Crippen LogP contribution in [0.5, 0.6) is 0 Å². The number of anilines is 2. The van der Waals surface area contributed by atoms with Crippen LogP contribution in [-0.4, -0.2) is 21.0 Å². The van der Waals surface area contributed by atoms with E-state index in [1.807, 2.05) is 42.5 Å². The molecule has 3 aromatic rings. The predicted octanol–water partition coefficient (Wildman–Crippen LogP) is 4.49. The van der Waals surface area contributed by atoms with Gasteiger partial charge in [0.05, 0.1) is 11.4 Å². The number of aromatic nitrogens is 3. The van der Waals surface area contributed by atoms with Crippen molar-refractivity contribution in [2.45, 2.75) is 25.4 Å². The molecule has 0 unspecified atom stereocenters. The number of nitrogens with one attached hydrogen (secondary N) is 2. The molecule has 0 atom stereocenters. The Morgan fingerprint density at radius 1 is 1.00 bits per heavy atom. The Bertz CT molecular complexity index is 865. The zero-order chi connectivity index (χ0) is 17.1. The first kappa shape index (κ1) is 16.0. The van der Waals surface area contributed by atoms with Gasteiger partial charge in [-0.05, 0) is 36.6 Å². The molecule has 25 heavy (non-hydrogen) atoms. The molecule has 2 aromatic heterocycles. The van der Waals surface area contributed by atoms with Gasteiger partial charge in [-0.25, -0.2) is 4.98 Å². The Kier molecular flexibility index (Phi) is 4.61. The lowest BCUT2D eigenvalue weighted by Gasteiger charge is -2.11. The van der Waals surface area contributed by atoms with Gasteiger partial charge in [-0.2, -0.15) is 4.98 Å². The van der Waals surface area contributed by atoms with Gasteiger partial charge in [-0.15, -0.1) is 0 Å². The van der Waals surface area contributed by atoms with Gasteiger partial charge in [0.25, 0.3) is 0 Å². The van der Waals surface area contributed by atoms with Crippen LogP contribution in [0.3, 0.4) is 0 Å². The SMILES string of the molecule is Brc1ccccc1CNc1cc(-c2ccccn2)nc(NC2CC2)n1. The minimum absolute atomic E-state index is 0.495. The molecule has 1 saturated carbocycles. The smallest absolute Gasteiger partial charge is 0.225 e. The van der Waals surface area contributed by atoms with Gasteiger partial charge in [-0.3, -0.25) is 4.98 Å². The van der Waals surface area contributed by atoms with Crippen molar-refractivity contribution in [1.29, 1.82) is 0 Å². The van der Waals surface area contributed by atoms with Crippen LogP contribution < -0.4 is 10.6 Å². The number of halogens is 1. The Balaban J connectivity index is 1.60. The molecule has 1 fully saturated rings. The maximum atomic E-state index is 4.62. The van der Waals surface area contributed by atoms with E-state index in [2.05, 4.69) is 47.6 Å². The molecule has 0 bridgehead atoms. The van der Waals surface area contributed by atoms with Gasteiger partial charge < -0.3 is 10.6 Å². The second-order valence-electron chi connectivity index (χ2n) is 6.04. The fourth-order valence-corrected chi connectivity index (χ4v) is 2.91. The summed E-state index contributed by atoms with van der Waals surface area (Å²) in [5.74, 6) is 1.44. The van der Waals surface area contributed by atoms with Crippen LogP contribution in [-0.2, 0) is 6.54 Å². The molecule has 0 aliphatic heterocycles. The fourth-order valence-electron chi connectivity index (χ4n) is 2.49. The Labute approximate surface area is 155 Å². The molecule has 126 valence electrons. The summed E-state index contributed by atoms with van der Waals surface area (Å²) in [6.07, 6.45) is 4.13. The monoisotopic (exact) mass is 395 g/mol. The molecule has 1 aliphatic rings. The van der Waals surface area contributed by atoms with Crippen LogP contribution in [0.25, 0.3) is 11.4 Å². The van der Waals surface area contributed by atoms with Gasteiger partial charge in [-0.1, -0.05) is 40.2 Å². The molecule has 0 saturated heterocycles. The van der Waals surface area contributed by atoms with E-state index in [1.165, 1.54) is 18.4 Å². The minimum Gasteiger partial charge on any atom is -0.366 e. The van der Waals surface area contributed by atoms with Crippen molar-refractivity contribution in [3.8, 4) is 11.4 Å². The molecule has 2 heterocycles. The fraction of sp³-hybridized carbons (Fsp3) is 0.211. The number of nitrogens with zero attached hydrogens (tertiary/aromatic N) is 3. The van der Waals surface area contributed by atoms with E-state index < -0.39 is 0 Å². The summed E-state index contributed by atoms with van der Waals surface area (Å²) in [5, 5.41) is 6.77. The summed E-state index contributed by atoms with van der Waals surface area (Å²) in [6.45, 7) is 0.683. The number of hydrogen-bond donors (Lipinski definition) is 2. The molecular weight excluding hydrogens is 378 g/mol. The quantitative estimate of drug-likeness (QED) is 0.643. The third kappa shape index (κ3) is 4.14. The third-order valence-corrected chi connectivity index (χ3v) is 4.76. The Morgan fingerprint density at radius 3 is 2.60 bits per heavy atom. The molecule has 5 nitrogen and oxygen atoms in total. The highest BCUT2D eigenvalue weighted by Crippen LogP contribution is 2.26. The van der Waals surface area contributed by atoms with E-state index in [-0.39, 0.29) is 0 Å². The van der Waals surface area contributed by atoms with E-state index >= 15 is 0 Å². The zero-order valence-corrected chi connectivity index (χ0v) is 15.2. The maximum absolute atomic E-state index is 4.62. The lowest BCUT2D eigenvalue weighted by Crippen LogP contribution is -2.09. The number of hydrogen-bond acceptors (Lipinski definition) is 5. The molecule has 4 rings (SSSR count). The van der Waals surface area contributed by atoms with E-state index in [4.69, 9.17) is 0 Å². The van der Waals surface area contributed by atoms with Gasteiger partial charge >= 0.3 is 0 Å². The van der Waals surface area contributed by atoms with Crippen molar-refractivity contribution in [3.05, 3.63) is 64.8 Å². The summed E-state index contributed by atoms with van der Waals surface area (Å²) in [6, 6.07) is 16.4. The maximum Gasteiger partial charge on any atom is 0.225 e. The van der Waals surface area contributed by atoms with Gasteiger partial charge in [0.15, 0.2) is 0 Å². The second kappa shape index (κ2) is 7.19. The van der Waals surface area contributed by atoms with Crippen molar-refractivity contribution in [2.75, 3.05) is 10.6 Å². The number of rotatable bonds is 6. The van der Waals surface area contributed by atoms with E-state index in [1.54, 1.807) is 6.20 Å². The normalized spacial score (nSPS) is 13.5. The molecule has 0 amide bonds. The minimum atomic E-state index is 0.495. The first-order valence-corrected chi connectivity index (χ1v) is 9.11. The Hall–Kier alpha value is -2.47. The molecule has 0 spiro atoms. The molecule has 2 N–H and O–H groups in total. The molecule has 1 aromatic carbocycles. The topological polar surface area (TPSA) is 62.7 Å². The predicted molar refractivity (Wildman–Crippen MR) is 103 cm³/mol. The van der Waals surface area contributed by atoms with Gasteiger partial charge in [0, 0.05) is 29.3 Å². The highest BCUT2D eigenvalue weighted by molar-refractivity contribution is 9.10.